The lowest BCUT2D eigenvalue weighted by atomic mass is 10.2. The second-order valence-electron chi connectivity index (χ2n) is 5.73. The minimum Gasteiger partial charge on any atom is -0.488 e. The minimum absolute atomic E-state index is 0.0469. The zero-order valence-electron chi connectivity index (χ0n) is 13.9. The topological polar surface area (TPSA) is 64.3 Å². The first-order valence-electron chi connectivity index (χ1n) is 7.87. The molecular weight excluding hydrogens is 342 g/mol. The highest BCUT2D eigenvalue weighted by Gasteiger charge is 2.14. The predicted molar refractivity (Wildman–Crippen MR) is 90.2 cm³/mol. The van der Waals surface area contributed by atoms with Gasteiger partial charge in [-0.05, 0) is 31.2 Å². The van der Waals surface area contributed by atoms with Gasteiger partial charge in [0.2, 0.25) is 0 Å². The van der Waals surface area contributed by atoms with Crippen molar-refractivity contribution in [1.29, 1.82) is 0 Å². The van der Waals surface area contributed by atoms with Gasteiger partial charge in [-0.15, -0.1) is 0 Å². The molecule has 7 heteroatoms. The van der Waals surface area contributed by atoms with E-state index in [1.807, 2.05) is 0 Å². The van der Waals surface area contributed by atoms with Crippen LogP contribution in [0.1, 0.15) is 27.3 Å². The van der Waals surface area contributed by atoms with E-state index in [-0.39, 0.29) is 24.4 Å². The molecule has 1 aromatic heterocycles. The number of carbonyl (C=O) groups is 1. The smallest absolute Gasteiger partial charge is 0.356 e. The van der Waals surface area contributed by atoms with E-state index in [4.69, 9.17) is 9.84 Å². The largest absolute Gasteiger partial charge is 0.488 e. The van der Waals surface area contributed by atoms with Crippen LogP contribution in [0.5, 0.6) is 5.75 Å². The molecule has 1 heterocycles. The Morgan fingerprint density at radius 2 is 1.85 bits per heavy atom. The van der Waals surface area contributed by atoms with Gasteiger partial charge < -0.3 is 9.84 Å². The maximum absolute atomic E-state index is 13.7. The fourth-order valence-electron chi connectivity index (χ4n) is 2.53. The van der Waals surface area contributed by atoms with Gasteiger partial charge in [-0.3, -0.25) is 4.68 Å². The summed E-state index contributed by atoms with van der Waals surface area (Å²) in [4.78, 5) is 11.0. The Hall–Kier alpha value is -3.22. The Morgan fingerprint density at radius 1 is 1.15 bits per heavy atom. The lowest BCUT2D eigenvalue weighted by Crippen LogP contribution is -2.08. The van der Waals surface area contributed by atoms with Crippen molar-refractivity contribution in [3.8, 4) is 5.75 Å². The molecule has 0 atom stereocenters. The molecule has 5 nitrogen and oxygen atoms in total. The maximum atomic E-state index is 13.7. The number of ether oxygens (including phenoxy) is 1. The molecule has 0 unspecified atom stereocenters. The van der Waals surface area contributed by atoms with E-state index >= 15 is 0 Å². The minimum atomic E-state index is -1.11. The third kappa shape index (κ3) is 3.72. The molecule has 3 aromatic rings. The second kappa shape index (κ2) is 7.35. The first-order valence-corrected chi connectivity index (χ1v) is 7.87. The lowest BCUT2D eigenvalue weighted by molar-refractivity contribution is 0.0689. The van der Waals surface area contributed by atoms with Crippen LogP contribution in [-0.2, 0) is 13.2 Å². The molecule has 0 spiro atoms. The number of hydrogen-bond acceptors (Lipinski definition) is 3. The Bertz CT molecular complexity index is 933. The van der Waals surface area contributed by atoms with Gasteiger partial charge in [-0.1, -0.05) is 24.3 Å². The Morgan fingerprint density at radius 3 is 2.50 bits per heavy atom. The molecule has 0 radical (unpaired) electrons. The number of benzene rings is 2. The van der Waals surface area contributed by atoms with E-state index in [0.29, 0.717) is 17.0 Å². The molecular formula is C19H16F2N2O3. The van der Waals surface area contributed by atoms with Gasteiger partial charge in [0.05, 0.1) is 12.1 Å². The van der Waals surface area contributed by atoms with Gasteiger partial charge in [-0.25, -0.2) is 13.6 Å². The van der Waals surface area contributed by atoms with Gasteiger partial charge in [0.1, 0.15) is 24.0 Å². The summed E-state index contributed by atoms with van der Waals surface area (Å²) in [6.45, 7) is 1.76. The van der Waals surface area contributed by atoms with E-state index in [9.17, 15) is 13.6 Å². The molecule has 0 bridgehead atoms. The SMILES string of the molecule is Cc1cc(C(=O)O)nn1Cc1ccccc1OCc1c(F)cccc1F. The van der Waals surface area contributed by atoms with Gasteiger partial charge in [0.25, 0.3) is 0 Å². The fourth-order valence-corrected chi connectivity index (χ4v) is 2.53. The number of aromatic nitrogens is 2. The molecule has 0 aliphatic rings. The molecule has 1 N–H and O–H groups in total. The van der Waals surface area contributed by atoms with E-state index in [0.717, 1.165) is 0 Å². The average Bonchev–Trinajstić information content (AvgIpc) is 2.97. The lowest BCUT2D eigenvalue weighted by Gasteiger charge is -2.13. The molecule has 0 amide bonds. The predicted octanol–water partition coefficient (Wildman–Crippen LogP) is 3.80. The summed E-state index contributed by atoms with van der Waals surface area (Å²) in [5.74, 6) is -2.00. The van der Waals surface area contributed by atoms with Crippen LogP contribution in [0.2, 0.25) is 0 Å². The number of rotatable bonds is 6. The van der Waals surface area contributed by atoms with E-state index in [2.05, 4.69) is 5.10 Å². The summed E-state index contributed by atoms with van der Waals surface area (Å²) in [7, 11) is 0. The normalized spacial score (nSPS) is 10.7. The average molecular weight is 358 g/mol. The van der Waals surface area contributed by atoms with Crippen LogP contribution in [0.25, 0.3) is 0 Å². The van der Waals surface area contributed by atoms with Crippen LogP contribution in [0.15, 0.2) is 48.5 Å². The highest BCUT2D eigenvalue weighted by molar-refractivity contribution is 5.85. The summed E-state index contributed by atoms with van der Waals surface area (Å²) in [6, 6.07) is 12.1. The zero-order chi connectivity index (χ0) is 18.7. The number of halogens is 2. The summed E-state index contributed by atoms with van der Waals surface area (Å²) >= 11 is 0. The molecule has 134 valence electrons. The number of aromatic carboxylic acids is 1. The van der Waals surface area contributed by atoms with Crippen LogP contribution in [0.3, 0.4) is 0 Å². The van der Waals surface area contributed by atoms with Gasteiger partial charge >= 0.3 is 5.97 Å². The fraction of sp³-hybridized carbons (Fsp3) is 0.158. The first-order chi connectivity index (χ1) is 12.5. The number of hydrogen-bond donors (Lipinski definition) is 1. The molecule has 2 aromatic carbocycles. The molecule has 3 rings (SSSR count). The Kier molecular flexibility index (Phi) is 4.97. The van der Waals surface area contributed by atoms with Crippen LogP contribution in [0.4, 0.5) is 8.78 Å². The van der Waals surface area contributed by atoms with Crippen molar-refractivity contribution in [3.63, 3.8) is 0 Å². The van der Waals surface area contributed by atoms with Gasteiger partial charge in [0, 0.05) is 11.3 Å². The number of para-hydroxylation sites is 1. The van der Waals surface area contributed by atoms with E-state index < -0.39 is 17.6 Å². The van der Waals surface area contributed by atoms with Crippen LogP contribution >= 0.6 is 0 Å². The molecule has 0 fully saturated rings. The highest BCUT2D eigenvalue weighted by Crippen LogP contribution is 2.22. The monoisotopic (exact) mass is 358 g/mol. The number of carboxylic acid groups (broad SMARTS) is 1. The summed E-state index contributed by atoms with van der Waals surface area (Å²) < 4.78 is 34.6. The van der Waals surface area contributed by atoms with Crippen LogP contribution in [-0.4, -0.2) is 20.9 Å². The number of nitrogens with zero attached hydrogens (tertiary/aromatic N) is 2. The third-order valence-electron chi connectivity index (χ3n) is 3.93. The van der Waals surface area contributed by atoms with Gasteiger partial charge in [-0.2, -0.15) is 5.10 Å². The Balaban J connectivity index is 1.81. The summed E-state index contributed by atoms with van der Waals surface area (Å²) in [5, 5.41) is 13.1. The molecule has 0 saturated heterocycles. The van der Waals surface area contributed by atoms with Crippen molar-refractivity contribution in [2.75, 3.05) is 0 Å². The first kappa shape index (κ1) is 17.6. The standard InChI is InChI=1S/C19H16F2N2O3/c1-12-9-17(19(24)25)22-23(12)10-13-5-2-3-8-18(13)26-11-14-15(20)6-4-7-16(14)21/h2-9H,10-11H2,1H3,(H,24,25). The quantitative estimate of drug-likeness (QED) is 0.728. The Labute approximate surface area is 148 Å². The van der Waals surface area contributed by atoms with Crippen molar-refractivity contribution in [3.05, 3.63) is 82.7 Å². The third-order valence-corrected chi connectivity index (χ3v) is 3.93. The molecule has 0 saturated carbocycles. The van der Waals surface area contributed by atoms with Crippen molar-refractivity contribution in [1.82, 2.24) is 9.78 Å². The summed E-state index contributed by atoms with van der Waals surface area (Å²) in [6.07, 6.45) is 0. The van der Waals surface area contributed by atoms with E-state index in [1.165, 1.54) is 28.9 Å². The maximum Gasteiger partial charge on any atom is 0.356 e. The number of aryl methyl sites for hydroxylation is 1. The van der Waals surface area contributed by atoms with Crippen LogP contribution < -0.4 is 4.74 Å². The molecule has 0 aliphatic carbocycles. The van der Waals surface area contributed by atoms with Gasteiger partial charge in [0.15, 0.2) is 5.69 Å². The highest BCUT2D eigenvalue weighted by atomic mass is 19.1. The molecule has 26 heavy (non-hydrogen) atoms. The zero-order valence-corrected chi connectivity index (χ0v) is 13.9. The van der Waals surface area contributed by atoms with Crippen LogP contribution in [0, 0.1) is 18.6 Å². The van der Waals surface area contributed by atoms with Crippen molar-refractivity contribution in [2.24, 2.45) is 0 Å². The van der Waals surface area contributed by atoms with E-state index in [1.54, 1.807) is 31.2 Å². The van der Waals surface area contributed by atoms with Crippen molar-refractivity contribution < 1.29 is 23.4 Å². The summed E-state index contributed by atoms with van der Waals surface area (Å²) in [5.41, 5.74) is 1.20. The number of carboxylic acids is 1. The second-order valence-corrected chi connectivity index (χ2v) is 5.73. The van der Waals surface area contributed by atoms with Crippen molar-refractivity contribution >= 4 is 5.97 Å². The molecule has 0 aliphatic heterocycles. The van der Waals surface area contributed by atoms with Crippen molar-refractivity contribution in [2.45, 2.75) is 20.1 Å².